The number of carbonyl (C=O) groups excluding carboxylic acids is 1. The molecule has 0 saturated carbocycles. The lowest BCUT2D eigenvalue weighted by atomic mass is 10.1. The second-order valence-electron chi connectivity index (χ2n) is 4.41. The van der Waals surface area contributed by atoms with Gasteiger partial charge in [-0.2, -0.15) is 0 Å². The standard InChI is InChI=1S/C15H11ClFNO3/c1-8-6-9(2-5-12(8)17)14(19)18-13-7-10(16)3-4-11(13)15(20)21/h2-7H,1H3,(H,18,19)(H,20,21). The molecule has 0 heterocycles. The maximum Gasteiger partial charge on any atom is 0.337 e. The van der Waals surface area contributed by atoms with E-state index in [0.29, 0.717) is 10.6 Å². The predicted molar refractivity (Wildman–Crippen MR) is 77.5 cm³/mol. The molecular weight excluding hydrogens is 297 g/mol. The number of hydrogen-bond acceptors (Lipinski definition) is 2. The Labute approximate surface area is 125 Å². The molecule has 0 spiro atoms. The summed E-state index contributed by atoms with van der Waals surface area (Å²) in [6.45, 7) is 1.54. The van der Waals surface area contributed by atoms with Crippen LogP contribution in [0.2, 0.25) is 5.02 Å². The van der Waals surface area contributed by atoms with Crippen molar-refractivity contribution in [3.05, 3.63) is 63.9 Å². The summed E-state index contributed by atoms with van der Waals surface area (Å²) < 4.78 is 13.2. The van der Waals surface area contributed by atoms with Crippen molar-refractivity contribution in [1.29, 1.82) is 0 Å². The Morgan fingerprint density at radius 3 is 2.52 bits per heavy atom. The smallest absolute Gasteiger partial charge is 0.337 e. The van der Waals surface area contributed by atoms with Crippen LogP contribution in [0, 0.1) is 12.7 Å². The molecule has 0 aliphatic heterocycles. The average molecular weight is 308 g/mol. The number of nitrogens with one attached hydrogen (secondary N) is 1. The van der Waals surface area contributed by atoms with Gasteiger partial charge in [-0.15, -0.1) is 0 Å². The van der Waals surface area contributed by atoms with Gasteiger partial charge in [0.15, 0.2) is 0 Å². The lowest BCUT2D eigenvalue weighted by Crippen LogP contribution is -2.15. The summed E-state index contributed by atoms with van der Waals surface area (Å²) in [5.41, 5.74) is 0.561. The number of carboxylic acids is 1. The molecule has 0 atom stereocenters. The molecule has 0 bridgehead atoms. The van der Waals surface area contributed by atoms with Crippen molar-refractivity contribution in [2.75, 3.05) is 5.32 Å². The maximum atomic E-state index is 13.2. The highest BCUT2D eigenvalue weighted by atomic mass is 35.5. The van der Waals surface area contributed by atoms with Gasteiger partial charge >= 0.3 is 5.97 Å². The molecule has 0 aliphatic rings. The van der Waals surface area contributed by atoms with Crippen molar-refractivity contribution < 1.29 is 19.1 Å². The third kappa shape index (κ3) is 3.38. The highest BCUT2D eigenvalue weighted by molar-refractivity contribution is 6.31. The quantitative estimate of drug-likeness (QED) is 0.907. The first kappa shape index (κ1) is 15.0. The molecular formula is C15H11ClFNO3. The summed E-state index contributed by atoms with van der Waals surface area (Å²) in [6, 6.07) is 7.96. The topological polar surface area (TPSA) is 66.4 Å². The summed E-state index contributed by atoms with van der Waals surface area (Å²) in [5, 5.41) is 11.8. The fourth-order valence-electron chi connectivity index (χ4n) is 1.79. The zero-order chi connectivity index (χ0) is 15.6. The van der Waals surface area contributed by atoms with Crippen LogP contribution in [-0.4, -0.2) is 17.0 Å². The van der Waals surface area contributed by atoms with Crippen molar-refractivity contribution in [2.24, 2.45) is 0 Å². The second kappa shape index (κ2) is 5.93. The molecule has 0 unspecified atom stereocenters. The van der Waals surface area contributed by atoms with Crippen LogP contribution in [0.15, 0.2) is 36.4 Å². The molecule has 0 aromatic heterocycles. The first-order valence-corrected chi connectivity index (χ1v) is 6.36. The van der Waals surface area contributed by atoms with Gasteiger partial charge in [0, 0.05) is 10.6 Å². The fraction of sp³-hybridized carbons (Fsp3) is 0.0667. The van der Waals surface area contributed by atoms with E-state index in [1.165, 1.54) is 43.3 Å². The number of aromatic carboxylic acids is 1. The minimum Gasteiger partial charge on any atom is -0.478 e. The third-order valence-corrected chi connectivity index (χ3v) is 3.12. The number of carbonyl (C=O) groups is 2. The Bertz CT molecular complexity index is 731. The van der Waals surface area contributed by atoms with E-state index in [-0.39, 0.29) is 16.8 Å². The van der Waals surface area contributed by atoms with Gasteiger partial charge in [-0.3, -0.25) is 4.79 Å². The Balaban J connectivity index is 2.33. The van der Waals surface area contributed by atoms with Crippen LogP contribution in [0.1, 0.15) is 26.3 Å². The van der Waals surface area contributed by atoms with Crippen LogP contribution in [0.5, 0.6) is 0 Å². The van der Waals surface area contributed by atoms with Crippen molar-refractivity contribution in [3.8, 4) is 0 Å². The molecule has 21 heavy (non-hydrogen) atoms. The number of aryl methyl sites for hydroxylation is 1. The van der Waals surface area contributed by atoms with E-state index in [0.717, 1.165) is 0 Å². The van der Waals surface area contributed by atoms with Gasteiger partial charge in [0.1, 0.15) is 5.82 Å². The Kier molecular flexibility index (Phi) is 4.23. The number of carboxylic acid groups (broad SMARTS) is 1. The van der Waals surface area contributed by atoms with E-state index in [4.69, 9.17) is 16.7 Å². The Hall–Kier alpha value is -2.40. The van der Waals surface area contributed by atoms with E-state index < -0.39 is 17.7 Å². The SMILES string of the molecule is Cc1cc(C(=O)Nc2cc(Cl)ccc2C(=O)O)ccc1F. The largest absolute Gasteiger partial charge is 0.478 e. The average Bonchev–Trinajstić information content (AvgIpc) is 2.41. The summed E-state index contributed by atoms with van der Waals surface area (Å²) in [5.74, 6) is -2.14. The number of benzene rings is 2. The molecule has 0 aliphatic carbocycles. The lowest BCUT2D eigenvalue weighted by Gasteiger charge is -2.09. The normalized spacial score (nSPS) is 10.2. The molecule has 2 aromatic carbocycles. The molecule has 0 radical (unpaired) electrons. The van der Waals surface area contributed by atoms with Crippen LogP contribution in [0.4, 0.5) is 10.1 Å². The number of rotatable bonds is 3. The van der Waals surface area contributed by atoms with E-state index in [1.54, 1.807) is 0 Å². The molecule has 6 heteroatoms. The Morgan fingerprint density at radius 2 is 1.90 bits per heavy atom. The third-order valence-electron chi connectivity index (χ3n) is 2.88. The molecule has 2 N–H and O–H groups in total. The monoisotopic (exact) mass is 307 g/mol. The highest BCUT2D eigenvalue weighted by Crippen LogP contribution is 2.22. The summed E-state index contributed by atoms with van der Waals surface area (Å²) in [6.07, 6.45) is 0. The van der Waals surface area contributed by atoms with E-state index in [1.807, 2.05) is 0 Å². The van der Waals surface area contributed by atoms with Crippen molar-refractivity contribution in [1.82, 2.24) is 0 Å². The zero-order valence-corrected chi connectivity index (χ0v) is 11.7. The van der Waals surface area contributed by atoms with E-state index >= 15 is 0 Å². The van der Waals surface area contributed by atoms with Crippen molar-refractivity contribution in [3.63, 3.8) is 0 Å². The molecule has 4 nitrogen and oxygen atoms in total. The van der Waals surface area contributed by atoms with Gasteiger partial charge in [0.05, 0.1) is 11.3 Å². The van der Waals surface area contributed by atoms with Gasteiger partial charge in [-0.1, -0.05) is 11.6 Å². The summed E-state index contributed by atoms with van der Waals surface area (Å²) in [7, 11) is 0. The first-order chi connectivity index (χ1) is 9.88. The van der Waals surface area contributed by atoms with Crippen LogP contribution in [-0.2, 0) is 0 Å². The fourth-order valence-corrected chi connectivity index (χ4v) is 1.96. The van der Waals surface area contributed by atoms with Gasteiger partial charge in [-0.05, 0) is 48.9 Å². The lowest BCUT2D eigenvalue weighted by molar-refractivity contribution is 0.0698. The van der Waals surface area contributed by atoms with Gasteiger partial charge in [0.2, 0.25) is 0 Å². The first-order valence-electron chi connectivity index (χ1n) is 5.99. The van der Waals surface area contributed by atoms with Crippen LogP contribution < -0.4 is 5.32 Å². The number of halogens is 2. The predicted octanol–water partition coefficient (Wildman–Crippen LogP) is 3.74. The minimum absolute atomic E-state index is 0.0772. The number of amides is 1. The van der Waals surface area contributed by atoms with Crippen LogP contribution >= 0.6 is 11.6 Å². The molecule has 0 fully saturated rings. The molecule has 108 valence electrons. The number of anilines is 1. The summed E-state index contributed by atoms with van der Waals surface area (Å²) >= 11 is 5.80. The molecule has 2 aromatic rings. The second-order valence-corrected chi connectivity index (χ2v) is 4.85. The highest BCUT2D eigenvalue weighted by Gasteiger charge is 2.14. The zero-order valence-electron chi connectivity index (χ0n) is 11.0. The van der Waals surface area contributed by atoms with Crippen LogP contribution in [0.25, 0.3) is 0 Å². The number of hydrogen-bond donors (Lipinski definition) is 2. The van der Waals surface area contributed by atoms with E-state index in [9.17, 15) is 14.0 Å². The van der Waals surface area contributed by atoms with Gasteiger partial charge < -0.3 is 10.4 Å². The Morgan fingerprint density at radius 1 is 1.19 bits per heavy atom. The summed E-state index contributed by atoms with van der Waals surface area (Å²) in [4.78, 5) is 23.2. The van der Waals surface area contributed by atoms with Crippen LogP contribution in [0.3, 0.4) is 0 Å². The van der Waals surface area contributed by atoms with Gasteiger partial charge in [0.25, 0.3) is 5.91 Å². The van der Waals surface area contributed by atoms with Gasteiger partial charge in [-0.25, -0.2) is 9.18 Å². The molecule has 1 amide bonds. The van der Waals surface area contributed by atoms with Crippen molar-refractivity contribution >= 4 is 29.2 Å². The van der Waals surface area contributed by atoms with E-state index in [2.05, 4.69) is 5.32 Å². The molecule has 0 saturated heterocycles. The molecule has 2 rings (SSSR count). The maximum absolute atomic E-state index is 13.2. The minimum atomic E-state index is -1.18. The van der Waals surface area contributed by atoms with Crippen molar-refractivity contribution in [2.45, 2.75) is 6.92 Å².